The molecule has 3 nitrogen and oxygen atoms in total. The fraction of sp³-hybridized carbons (Fsp3) is 0.0625. The van der Waals surface area contributed by atoms with Crippen LogP contribution in [-0.4, -0.2) is 10.4 Å². The van der Waals surface area contributed by atoms with Crippen LogP contribution in [-0.2, 0) is 7.05 Å². The molecule has 0 bridgehead atoms. The van der Waals surface area contributed by atoms with E-state index in [9.17, 15) is 4.79 Å². The van der Waals surface area contributed by atoms with Crippen LogP contribution < -0.4 is 5.73 Å². The van der Waals surface area contributed by atoms with Gasteiger partial charge in [-0.3, -0.25) is 4.79 Å². The monoisotopic (exact) mass is 250 g/mol. The summed E-state index contributed by atoms with van der Waals surface area (Å²) >= 11 is 0. The maximum Gasteiger partial charge on any atom is 0.195 e. The van der Waals surface area contributed by atoms with Gasteiger partial charge in [-0.1, -0.05) is 30.3 Å². The number of hydrogen-bond acceptors (Lipinski definition) is 2. The summed E-state index contributed by atoms with van der Waals surface area (Å²) in [5.41, 5.74) is 8.72. The Hall–Kier alpha value is -2.55. The minimum atomic E-state index is 0.00380. The largest absolute Gasteiger partial charge is 0.399 e. The van der Waals surface area contributed by atoms with E-state index in [-0.39, 0.29) is 5.78 Å². The van der Waals surface area contributed by atoms with Crippen LogP contribution in [0.4, 0.5) is 5.69 Å². The van der Waals surface area contributed by atoms with Gasteiger partial charge in [0.25, 0.3) is 0 Å². The van der Waals surface area contributed by atoms with Gasteiger partial charge in [-0.05, 0) is 18.2 Å². The summed E-state index contributed by atoms with van der Waals surface area (Å²) in [6, 6.07) is 15.0. The van der Waals surface area contributed by atoms with Crippen molar-refractivity contribution in [2.24, 2.45) is 7.05 Å². The molecule has 0 saturated heterocycles. The predicted octanol–water partition coefficient (Wildman–Crippen LogP) is 2.99. The Kier molecular flexibility index (Phi) is 2.60. The van der Waals surface area contributed by atoms with Crippen molar-refractivity contribution in [3.05, 3.63) is 65.9 Å². The van der Waals surface area contributed by atoms with Crippen molar-refractivity contribution < 1.29 is 4.79 Å². The Morgan fingerprint density at radius 2 is 1.89 bits per heavy atom. The first-order chi connectivity index (χ1) is 9.16. The second kappa shape index (κ2) is 4.28. The van der Waals surface area contributed by atoms with E-state index in [1.807, 2.05) is 42.1 Å². The van der Waals surface area contributed by atoms with Crippen LogP contribution in [0.5, 0.6) is 0 Å². The topological polar surface area (TPSA) is 48.0 Å². The van der Waals surface area contributed by atoms with Crippen molar-refractivity contribution >= 4 is 22.4 Å². The number of nitrogens with zero attached hydrogens (tertiary/aromatic N) is 1. The third-order valence-corrected chi connectivity index (χ3v) is 3.29. The number of aromatic nitrogens is 1. The van der Waals surface area contributed by atoms with Crippen LogP contribution in [0.1, 0.15) is 15.9 Å². The molecule has 0 atom stereocenters. The number of anilines is 1. The molecule has 3 heteroatoms. The van der Waals surface area contributed by atoms with Gasteiger partial charge in [0, 0.05) is 41.0 Å². The number of fused-ring (bicyclic) bond motifs is 1. The van der Waals surface area contributed by atoms with E-state index in [0.717, 1.165) is 10.9 Å². The Bertz CT molecular complexity index is 771. The number of carbonyl (C=O) groups excluding carboxylic acids is 1. The molecule has 3 rings (SSSR count). The Morgan fingerprint density at radius 1 is 1.11 bits per heavy atom. The molecule has 19 heavy (non-hydrogen) atoms. The van der Waals surface area contributed by atoms with E-state index in [1.54, 1.807) is 24.3 Å². The van der Waals surface area contributed by atoms with Gasteiger partial charge in [-0.15, -0.1) is 0 Å². The minimum absolute atomic E-state index is 0.00380. The number of rotatable bonds is 2. The lowest BCUT2D eigenvalue weighted by Gasteiger charge is -2.00. The standard InChI is InChI=1S/C16H14N2O/c1-18-10-14(13-7-2-3-8-15(13)18)16(19)11-5-4-6-12(17)9-11/h2-10H,17H2,1H3. The Labute approximate surface area is 111 Å². The van der Waals surface area contributed by atoms with Gasteiger partial charge in [0.05, 0.1) is 0 Å². The first kappa shape index (κ1) is 11.5. The van der Waals surface area contributed by atoms with Gasteiger partial charge in [-0.25, -0.2) is 0 Å². The maximum absolute atomic E-state index is 12.6. The zero-order valence-corrected chi connectivity index (χ0v) is 10.6. The number of para-hydroxylation sites is 1. The quantitative estimate of drug-likeness (QED) is 0.561. The first-order valence-corrected chi connectivity index (χ1v) is 6.11. The number of nitrogen functional groups attached to an aromatic ring is 1. The molecule has 2 N–H and O–H groups in total. The summed E-state index contributed by atoms with van der Waals surface area (Å²) in [6.45, 7) is 0. The summed E-state index contributed by atoms with van der Waals surface area (Å²) in [6.07, 6.45) is 1.87. The number of benzene rings is 2. The molecular formula is C16H14N2O. The zero-order chi connectivity index (χ0) is 13.4. The van der Waals surface area contributed by atoms with Crippen molar-refractivity contribution in [3.8, 4) is 0 Å². The molecule has 0 amide bonds. The summed E-state index contributed by atoms with van der Waals surface area (Å²) < 4.78 is 1.97. The van der Waals surface area contributed by atoms with Gasteiger partial charge in [0.2, 0.25) is 0 Å². The molecule has 0 aliphatic carbocycles. The highest BCUT2D eigenvalue weighted by atomic mass is 16.1. The molecule has 94 valence electrons. The normalized spacial score (nSPS) is 10.8. The summed E-state index contributed by atoms with van der Waals surface area (Å²) in [5, 5.41) is 0.970. The van der Waals surface area contributed by atoms with Crippen LogP contribution in [0.25, 0.3) is 10.9 Å². The predicted molar refractivity (Wildman–Crippen MR) is 77.2 cm³/mol. The lowest BCUT2D eigenvalue weighted by atomic mass is 10.0. The van der Waals surface area contributed by atoms with E-state index in [4.69, 9.17) is 5.73 Å². The number of aryl methyl sites for hydroxylation is 1. The SMILES string of the molecule is Cn1cc(C(=O)c2cccc(N)c2)c2ccccc21. The van der Waals surface area contributed by atoms with E-state index in [2.05, 4.69) is 0 Å². The van der Waals surface area contributed by atoms with Crippen molar-refractivity contribution in [2.45, 2.75) is 0 Å². The number of ketones is 1. The van der Waals surface area contributed by atoms with E-state index in [0.29, 0.717) is 16.8 Å². The molecule has 2 aromatic carbocycles. The molecular weight excluding hydrogens is 236 g/mol. The highest BCUT2D eigenvalue weighted by Crippen LogP contribution is 2.23. The number of nitrogens with two attached hydrogens (primary N) is 1. The smallest absolute Gasteiger partial charge is 0.195 e. The lowest BCUT2D eigenvalue weighted by molar-refractivity contribution is 0.104. The zero-order valence-electron chi connectivity index (χ0n) is 10.6. The lowest BCUT2D eigenvalue weighted by Crippen LogP contribution is -2.01. The Balaban J connectivity index is 2.17. The van der Waals surface area contributed by atoms with Gasteiger partial charge in [0.1, 0.15) is 0 Å². The summed E-state index contributed by atoms with van der Waals surface area (Å²) in [7, 11) is 1.94. The van der Waals surface area contributed by atoms with Gasteiger partial charge >= 0.3 is 0 Å². The summed E-state index contributed by atoms with van der Waals surface area (Å²) in [4.78, 5) is 12.6. The Morgan fingerprint density at radius 3 is 2.68 bits per heavy atom. The average molecular weight is 250 g/mol. The highest BCUT2D eigenvalue weighted by Gasteiger charge is 2.15. The molecule has 0 aliphatic rings. The third kappa shape index (κ3) is 1.89. The molecule has 0 saturated carbocycles. The molecule has 3 aromatic rings. The molecule has 1 heterocycles. The molecule has 1 aromatic heterocycles. The van der Waals surface area contributed by atoms with E-state index in [1.165, 1.54) is 0 Å². The maximum atomic E-state index is 12.6. The van der Waals surface area contributed by atoms with Gasteiger partial charge < -0.3 is 10.3 Å². The third-order valence-electron chi connectivity index (χ3n) is 3.29. The number of carbonyl (C=O) groups is 1. The van der Waals surface area contributed by atoms with Crippen molar-refractivity contribution in [1.82, 2.24) is 4.57 Å². The van der Waals surface area contributed by atoms with Gasteiger partial charge in [0.15, 0.2) is 5.78 Å². The average Bonchev–Trinajstić information content (AvgIpc) is 2.76. The van der Waals surface area contributed by atoms with E-state index >= 15 is 0 Å². The summed E-state index contributed by atoms with van der Waals surface area (Å²) in [5.74, 6) is 0.00380. The second-order valence-corrected chi connectivity index (χ2v) is 4.63. The first-order valence-electron chi connectivity index (χ1n) is 6.11. The van der Waals surface area contributed by atoms with E-state index < -0.39 is 0 Å². The molecule has 0 spiro atoms. The minimum Gasteiger partial charge on any atom is -0.399 e. The van der Waals surface area contributed by atoms with Crippen LogP contribution in [0.15, 0.2) is 54.7 Å². The van der Waals surface area contributed by atoms with Crippen molar-refractivity contribution in [2.75, 3.05) is 5.73 Å². The fourth-order valence-corrected chi connectivity index (χ4v) is 2.36. The van der Waals surface area contributed by atoms with Crippen molar-refractivity contribution in [1.29, 1.82) is 0 Å². The fourth-order valence-electron chi connectivity index (χ4n) is 2.36. The van der Waals surface area contributed by atoms with Gasteiger partial charge in [-0.2, -0.15) is 0 Å². The molecule has 0 fully saturated rings. The van der Waals surface area contributed by atoms with Crippen LogP contribution in [0.2, 0.25) is 0 Å². The molecule has 0 unspecified atom stereocenters. The van der Waals surface area contributed by atoms with Crippen LogP contribution in [0, 0.1) is 0 Å². The van der Waals surface area contributed by atoms with Crippen LogP contribution >= 0.6 is 0 Å². The second-order valence-electron chi connectivity index (χ2n) is 4.63. The van der Waals surface area contributed by atoms with Crippen LogP contribution in [0.3, 0.4) is 0 Å². The highest BCUT2D eigenvalue weighted by molar-refractivity contribution is 6.16. The molecule has 0 aliphatic heterocycles. The van der Waals surface area contributed by atoms with Crippen molar-refractivity contribution in [3.63, 3.8) is 0 Å². The number of hydrogen-bond donors (Lipinski definition) is 1. The molecule has 0 radical (unpaired) electrons.